The van der Waals surface area contributed by atoms with E-state index in [1.807, 2.05) is 0 Å². The molecule has 0 radical (unpaired) electrons. The molecule has 0 unspecified atom stereocenters. The van der Waals surface area contributed by atoms with E-state index in [1.165, 1.54) is 25.7 Å². The van der Waals surface area contributed by atoms with Gasteiger partial charge in [0.05, 0.1) is 12.5 Å². The number of ether oxygens (including phenoxy) is 1. The molecule has 0 N–H and O–H groups in total. The van der Waals surface area contributed by atoms with Crippen LogP contribution in [0.15, 0.2) is 11.6 Å². The summed E-state index contributed by atoms with van der Waals surface area (Å²) in [4.78, 5) is 11.6. The fourth-order valence-corrected chi connectivity index (χ4v) is 3.71. The van der Waals surface area contributed by atoms with Gasteiger partial charge < -0.3 is 4.74 Å². The number of allylic oxidation sites excluding steroid dienone is 2. The van der Waals surface area contributed by atoms with Crippen LogP contribution >= 0.6 is 0 Å². The molecule has 1 saturated carbocycles. The Balaban J connectivity index is 1.98. The van der Waals surface area contributed by atoms with E-state index in [4.69, 9.17) is 4.74 Å². The number of rotatable bonds is 0. The summed E-state index contributed by atoms with van der Waals surface area (Å²) in [5, 5.41) is 0. The Morgan fingerprint density at radius 3 is 3.13 bits per heavy atom. The zero-order valence-corrected chi connectivity index (χ0v) is 9.29. The van der Waals surface area contributed by atoms with Crippen molar-refractivity contribution >= 4 is 5.97 Å². The van der Waals surface area contributed by atoms with E-state index >= 15 is 0 Å². The molecule has 2 heteroatoms. The Kier molecular flexibility index (Phi) is 1.95. The second kappa shape index (κ2) is 3.10. The van der Waals surface area contributed by atoms with Gasteiger partial charge in [0.25, 0.3) is 0 Å². The van der Waals surface area contributed by atoms with Gasteiger partial charge in [0.2, 0.25) is 0 Å². The lowest BCUT2D eigenvalue weighted by atomic mass is 9.59. The zero-order valence-electron chi connectivity index (χ0n) is 9.29. The average molecular weight is 206 g/mol. The van der Waals surface area contributed by atoms with E-state index < -0.39 is 0 Å². The third-order valence-electron chi connectivity index (χ3n) is 4.67. The van der Waals surface area contributed by atoms with Gasteiger partial charge in [-0.05, 0) is 31.6 Å². The number of fused-ring (bicyclic) bond motifs is 3. The van der Waals surface area contributed by atoms with Gasteiger partial charge in [-0.2, -0.15) is 0 Å². The maximum Gasteiger partial charge on any atom is 0.309 e. The second-order valence-corrected chi connectivity index (χ2v) is 5.48. The zero-order chi connectivity index (χ0) is 10.5. The molecule has 3 aliphatic rings. The van der Waals surface area contributed by atoms with Gasteiger partial charge in [-0.1, -0.05) is 25.0 Å². The van der Waals surface area contributed by atoms with Crippen LogP contribution in [0.25, 0.3) is 0 Å². The molecule has 1 heterocycles. The molecule has 3 atom stereocenters. The maximum absolute atomic E-state index is 11.6. The molecular weight excluding hydrogens is 188 g/mol. The molecule has 2 nitrogen and oxygen atoms in total. The molecule has 0 spiro atoms. The highest BCUT2D eigenvalue weighted by Crippen LogP contribution is 2.53. The Morgan fingerprint density at radius 2 is 2.27 bits per heavy atom. The largest absolute Gasteiger partial charge is 0.465 e. The fraction of sp³-hybridized carbons (Fsp3) is 0.769. The minimum absolute atomic E-state index is 0.0402. The summed E-state index contributed by atoms with van der Waals surface area (Å²) in [5.74, 6) is 0.805. The fourth-order valence-electron chi connectivity index (χ4n) is 3.71. The van der Waals surface area contributed by atoms with Crippen molar-refractivity contribution in [1.82, 2.24) is 0 Å². The van der Waals surface area contributed by atoms with Crippen LogP contribution in [-0.2, 0) is 9.53 Å². The molecule has 15 heavy (non-hydrogen) atoms. The quantitative estimate of drug-likeness (QED) is 0.450. The summed E-state index contributed by atoms with van der Waals surface area (Å²) in [5.41, 5.74) is 1.72. The van der Waals surface area contributed by atoms with E-state index in [9.17, 15) is 4.79 Å². The highest BCUT2D eigenvalue weighted by Gasteiger charge is 2.53. The van der Waals surface area contributed by atoms with E-state index in [-0.39, 0.29) is 17.3 Å². The second-order valence-electron chi connectivity index (χ2n) is 5.48. The molecule has 3 rings (SSSR count). The van der Waals surface area contributed by atoms with Crippen molar-refractivity contribution in [2.45, 2.75) is 39.0 Å². The molecule has 2 aliphatic carbocycles. The van der Waals surface area contributed by atoms with Crippen molar-refractivity contribution in [2.24, 2.45) is 17.3 Å². The Labute approximate surface area is 90.7 Å². The Bertz CT molecular complexity index is 331. The monoisotopic (exact) mass is 206 g/mol. The smallest absolute Gasteiger partial charge is 0.309 e. The summed E-state index contributed by atoms with van der Waals surface area (Å²) in [7, 11) is 0. The first kappa shape index (κ1) is 9.44. The summed E-state index contributed by atoms with van der Waals surface area (Å²) in [6.45, 7) is 2.91. The topological polar surface area (TPSA) is 26.3 Å². The minimum atomic E-state index is 0.0402. The van der Waals surface area contributed by atoms with Gasteiger partial charge >= 0.3 is 5.97 Å². The van der Waals surface area contributed by atoms with Crippen molar-refractivity contribution in [3.8, 4) is 0 Å². The van der Waals surface area contributed by atoms with Crippen molar-refractivity contribution in [2.75, 3.05) is 6.61 Å². The van der Waals surface area contributed by atoms with Gasteiger partial charge in [0, 0.05) is 5.41 Å². The first-order chi connectivity index (χ1) is 7.22. The highest BCUT2D eigenvalue weighted by atomic mass is 16.5. The van der Waals surface area contributed by atoms with E-state index in [2.05, 4.69) is 13.0 Å². The van der Waals surface area contributed by atoms with Crippen molar-refractivity contribution in [3.05, 3.63) is 11.6 Å². The van der Waals surface area contributed by atoms with Gasteiger partial charge in [-0.25, -0.2) is 0 Å². The molecule has 0 aromatic heterocycles. The SMILES string of the molecule is C[C@@]12COC(=O)[C@@H]1CC=C1CCCC[C@@H]12. The molecule has 0 amide bonds. The number of cyclic esters (lactones) is 1. The van der Waals surface area contributed by atoms with E-state index in [0.29, 0.717) is 12.5 Å². The Hall–Kier alpha value is -0.790. The number of esters is 1. The van der Waals surface area contributed by atoms with Crippen molar-refractivity contribution < 1.29 is 9.53 Å². The third-order valence-corrected chi connectivity index (χ3v) is 4.67. The van der Waals surface area contributed by atoms with Crippen LogP contribution in [0, 0.1) is 17.3 Å². The van der Waals surface area contributed by atoms with Gasteiger partial charge in [0.1, 0.15) is 0 Å². The van der Waals surface area contributed by atoms with Crippen molar-refractivity contribution in [3.63, 3.8) is 0 Å². The normalized spacial score (nSPS) is 44.1. The summed E-state index contributed by atoms with van der Waals surface area (Å²) >= 11 is 0. The van der Waals surface area contributed by atoms with Crippen LogP contribution in [0.2, 0.25) is 0 Å². The van der Waals surface area contributed by atoms with Crippen LogP contribution in [-0.4, -0.2) is 12.6 Å². The van der Waals surface area contributed by atoms with Crippen molar-refractivity contribution in [1.29, 1.82) is 0 Å². The highest BCUT2D eigenvalue weighted by molar-refractivity contribution is 5.76. The molecule has 1 aliphatic heterocycles. The third kappa shape index (κ3) is 1.20. The van der Waals surface area contributed by atoms with Crippen LogP contribution in [0.5, 0.6) is 0 Å². The van der Waals surface area contributed by atoms with Gasteiger partial charge in [0.15, 0.2) is 0 Å². The average Bonchev–Trinajstić information content (AvgIpc) is 2.56. The van der Waals surface area contributed by atoms with Crippen LogP contribution in [0.1, 0.15) is 39.0 Å². The molecular formula is C13H18O2. The Morgan fingerprint density at radius 1 is 1.40 bits per heavy atom. The molecule has 82 valence electrons. The molecule has 0 aromatic rings. The maximum atomic E-state index is 11.6. The first-order valence-electron chi connectivity index (χ1n) is 6.07. The lowest BCUT2D eigenvalue weighted by Gasteiger charge is -2.43. The molecule has 2 fully saturated rings. The van der Waals surface area contributed by atoms with Gasteiger partial charge in [-0.3, -0.25) is 4.79 Å². The van der Waals surface area contributed by atoms with Crippen LogP contribution in [0.3, 0.4) is 0 Å². The lowest BCUT2D eigenvalue weighted by molar-refractivity contribution is -0.141. The number of hydrogen-bond acceptors (Lipinski definition) is 2. The standard InChI is InChI=1S/C13H18O2/c1-13-8-15-12(14)11(13)7-6-9-4-2-3-5-10(9)13/h6,10-11H,2-5,7-8H2,1H3/t10-,11-,13-/m0/s1. The van der Waals surface area contributed by atoms with Crippen LogP contribution in [0.4, 0.5) is 0 Å². The molecule has 0 bridgehead atoms. The van der Waals surface area contributed by atoms with E-state index in [0.717, 1.165) is 6.42 Å². The summed E-state index contributed by atoms with van der Waals surface area (Å²) in [6.07, 6.45) is 8.40. The predicted molar refractivity (Wildman–Crippen MR) is 57.2 cm³/mol. The number of carbonyl (C=O) groups excluding carboxylic acids is 1. The summed E-state index contributed by atoms with van der Waals surface area (Å²) in [6, 6.07) is 0. The van der Waals surface area contributed by atoms with Crippen LogP contribution < -0.4 is 0 Å². The minimum Gasteiger partial charge on any atom is -0.465 e. The van der Waals surface area contributed by atoms with Gasteiger partial charge in [-0.15, -0.1) is 0 Å². The lowest BCUT2D eigenvalue weighted by Crippen LogP contribution is -2.40. The first-order valence-corrected chi connectivity index (χ1v) is 6.07. The number of hydrogen-bond donors (Lipinski definition) is 0. The number of carbonyl (C=O) groups is 1. The molecule has 0 aromatic carbocycles. The van der Waals surface area contributed by atoms with E-state index in [1.54, 1.807) is 5.57 Å². The molecule has 1 saturated heterocycles. The predicted octanol–water partition coefficient (Wildman–Crippen LogP) is 2.69. The summed E-state index contributed by atoms with van der Waals surface area (Å²) < 4.78 is 5.28.